The molecule has 0 unspecified atom stereocenters. The van der Waals surface area contributed by atoms with Crippen LogP contribution in [0.1, 0.15) is 64.7 Å². The minimum Gasteiger partial charge on any atom is -0.171 e. The molecule has 0 aliphatic heterocycles. The first kappa shape index (κ1) is 13.8. The summed E-state index contributed by atoms with van der Waals surface area (Å²) < 4.78 is 35.2. The lowest BCUT2D eigenvalue weighted by atomic mass is 10.1. The van der Waals surface area contributed by atoms with Crippen LogP contribution in [0.3, 0.4) is 0 Å². The zero-order valence-corrected chi connectivity index (χ0v) is 9.00. The highest BCUT2D eigenvalue weighted by atomic mass is 19.4. The minimum atomic E-state index is -3.96. The van der Waals surface area contributed by atoms with Gasteiger partial charge in [-0.25, -0.2) is 0 Å². The maximum absolute atomic E-state index is 11.7. The van der Waals surface area contributed by atoms with E-state index in [2.05, 4.69) is 6.92 Å². The summed E-state index contributed by atoms with van der Waals surface area (Å²) in [6.07, 6.45) is 3.40. The van der Waals surface area contributed by atoms with Crippen molar-refractivity contribution in [3.8, 4) is 0 Å². The third-order valence-electron chi connectivity index (χ3n) is 2.31. The van der Waals surface area contributed by atoms with Gasteiger partial charge in [0.05, 0.1) is 0 Å². The van der Waals surface area contributed by atoms with Crippen molar-refractivity contribution >= 4 is 0 Å². The van der Waals surface area contributed by atoms with E-state index in [1.54, 1.807) is 0 Å². The lowest BCUT2D eigenvalue weighted by Gasteiger charge is -2.05. The average molecular weight is 210 g/mol. The van der Waals surface area contributed by atoms with Gasteiger partial charge in [-0.05, 0) is 6.42 Å². The van der Waals surface area contributed by atoms with Gasteiger partial charge in [0.1, 0.15) is 0 Å². The molecule has 0 aromatic rings. The Hall–Kier alpha value is -0.210. The molecule has 0 aliphatic carbocycles. The van der Waals surface area contributed by atoms with Crippen molar-refractivity contribution < 1.29 is 13.2 Å². The Morgan fingerprint density at radius 1 is 0.714 bits per heavy atom. The Morgan fingerprint density at radius 3 is 1.57 bits per heavy atom. The molecule has 0 heterocycles. The molecule has 0 aromatic carbocycles. The van der Waals surface area contributed by atoms with Crippen LogP contribution < -0.4 is 0 Å². The van der Waals surface area contributed by atoms with Crippen molar-refractivity contribution in [3.05, 3.63) is 0 Å². The van der Waals surface area contributed by atoms with Crippen molar-refractivity contribution in [2.45, 2.75) is 70.9 Å². The molecule has 0 aliphatic rings. The molecule has 0 aromatic heterocycles. The van der Waals surface area contributed by atoms with E-state index < -0.39 is 12.6 Å². The second-order valence-corrected chi connectivity index (χ2v) is 3.84. The van der Waals surface area contributed by atoms with Gasteiger partial charge in [0.25, 0.3) is 0 Å². The number of rotatable bonds is 8. The highest BCUT2D eigenvalue weighted by molar-refractivity contribution is 4.52. The fourth-order valence-corrected chi connectivity index (χ4v) is 1.46. The highest BCUT2D eigenvalue weighted by Gasteiger charge is 2.25. The van der Waals surface area contributed by atoms with Crippen LogP contribution in [0.15, 0.2) is 0 Å². The highest BCUT2D eigenvalue weighted by Crippen LogP contribution is 2.23. The summed E-state index contributed by atoms with van der Waals surface area (Å²) in [4.78, 5) is 0. The largest absolute Gasteiger partial charge is 0.389 e. The number of halogens is 3. The second-order valence-electron chi connectivity index (χ2n) is 3.84. The molecule has 0 N–H and O–H groups in total. The Balaban J connectivity index is 2.99. The van der Waals surface area contributed by atoms with Gasteiger partial charge in [-0.1, -0.05) is 51.9 Å². The molecular weight excluding hydrogens is 189 g/mol. The first-order valence-corrected chi connectivity index (χ1v) is 5.63. The standard InChI is InChI=1S/C11H21F3/c1-2-3-4-5-6-7-8-9-10-11(12,13)14/h2-10H2,1H3. The third-order valence-corrected chi connectivity index (χ3v) is 2.31. The van der Waals surface area contributed by atoms with Gasteiger partial charge >= 0.3 is 6.18 Å². The normalized spacial score (nSPS) is 12.0. The summed E-state index contributed by atoms with van der Waals surface area (Å²) in [6.45, 7) is 2.16. The van der Waals surface area contributed by atoms with Crippen LogP contribution in [0.5, 0.6) is 0 Å². The second kappa shape index (κ2) is 8.13. The molecule has 0 amide bonds. The van der Waals surface area contributed by atoms with E-state index in [9.17, 15) is 13.2 Å². The summed E-state index contributed by atoms with van der Waals surface area (Å²) >= 11 is 0. The van der Waals surface area contributed by atoms with Crippen molar-refractivity contribution in [2.24, 2.45) is 0 Å². The molecule has 0 rings (SSSR count). The van der Waals surface area contributed by atoms with Gasteiger partial charge in [0.15, 0.2) is 0 Å². The Kier molecular flexibility index (Phi) is 8.01. The Labute approximate surface area is 84.9 Å². The molecule has 0 radical (unpaired) electrons. The topological polar surface area (TPSA) is 0 Å². The fraction of sp³-hybridized carbons (Fsp3) is 1.00. The molecule has 0 saturated carbocycles. The van der Waals surface area contributed by atoms with E-state index in [1.807, 2.05) is 0 Å². The van der Waals surface area contributed by atoms with Crippen LogP contribution in [0, 0.1) is 0 Å². The molecular formula is C11H21F3. The van der Waals surface area contributed by atoms with E-state index in [-0.39, 0.29) is 0 Å². The third kappa shape index (κ3) is 11.8. The molecule has 3 heteroatoms. The van der Waals surface area contributed by atoms with Crippen LogP contribution in [0.25, 0.3) is 0 Å². The first-order valence-electron chi connectivity index (χ1n) is 5.63. The molecule has 0 saturated heterocycles. The molecule has 14 heavy (non-hydrogen) atoms. The van der Waals surface area contributed by atoms with E-state index >= 15 is 0 Å². The molecule has 0 nitrogen and oxygen atoms in total. The van der Waals surface area contributed by atoms with Crippen molar-refractivity contribution in [1.82, 2.24) is 0 Å². The number of hydrogen-bond acceptors (Lipinski definition) is 0. The van der Waals surface area contributed by atoms with Crippen molar-refractivity contribution in [1.29, 1.82) is 0 Å². The lowest BCUT2D eigenvalue weighted by molar-refractivity contribution is -0.135. The summed E-state index contributed by atoms with van der Waals surface area (Å²) in [5.41, 5.74) is 0. The lowest BCUT2D eigenvalue weighted by Crippen LogP contribution is -2.06. The van der Waals surface area contributed by atoms with Crippen LogP contribution in [-0.2, 0) is 0 Å². The quantitative estimate of drug-likeness (QED) is 0.490. The molecule has 0 fully saturated rings. The number of alkyl halides is 3. The monoisotopic (exact) mass is 210 g/mol. The van der Waals surface area contributed by atoms with Crippen LogP contribution in [0.2, 0.25) is 0 Å². The number of unbranched alkanes of at least 4 members (excludes halogenated alkanes) is 7. The van der Waals surface area contributed by atoms with E-state index in [0.717, 1.165) is 19.3 Å². The van der Waals surface area contributed by atoms with E-state index in [1.165, 1.54) is 25.7 Å². The average Bonchev–Trinajstić information content (AvgIpc) is 2.08. The van der Waals surface area contributed by atoms with Crippen LogP contribution in [-0.4, -0.2) is 6.18 Å². The van der Waals surface area contributed by atoms with Crippen LogP contribution >= 0.6 is 0 Å². The summed E-state index contributed by atoms with van der Waals surface area (Å²) in [5.74, 6) is 0. The van der Waals surface area contributed by atoms with Gasteiger partial charge in [0, 0.05) is 6.42 Å². The minimum absolute atomic E-state index is 0.303. The van der Waals surface area contributed by atoms with E-state index in [4.69, 9.17) is 0 Å². The van der Waals surface area contributed by atoms with Crippen LogP contribution in [0.4, 0.5) is 13.2 Å². The molecule has 0 atom stereocenters. The Morgan fingerprint density at radius 2 is 1.14 bits per heavy atom. The van der Waals surface area contributed by atoms with Gasteiger partial charge in [-0.2, -0.15) is 13.2 Å². The van der Waals surface area contributed by atoms with Crippen molar-refractivity contribution in [3.63, 3.8) is 0 Å². The van der Waals surface area contributed by atoms with Crippen molar-refractivity contribution in [2.75, 3.05) is 0 Å². The van der Waals surface area contributed by atoms with Gasteiger partial charge in [-0.3, -0.25) is 0 Å². The smallest absolute Gasteiger partial charge is 0.171 e. The first-order chi connectivity index (χ1) is 6.56. The predicted molar refractivity (Wildman–Crippen MR) is 53.3 cm³/mol. The predicted octanol–water partition coefficient (Wildman–Crippen LogP) is 5.08. The van der Waals surface area contributed by atoms with E-state index in [0.29, 0.717) is 6.42 Å². The van der Waals surface area contributed by atoms with Gasteiger partial charge in [-0.15, -0.1) is 0 Å². The SMILES string of the molecule is CCCCCCCCCCC(F)(F)F. The zero-order chi connectivity index (χ0) is 10.9. The summed E-state index contributed by atoms with van der Waals surface area (Å²) in [7, 11) is 0. The maximum Gasteiger partial charge on any atom is 0.389 e. The summed E-state index contributed by atoms with van der Waals surface area (Å²) in [5, 5.41) is 0. The zero-order valence-electron chi connectivity index (χ0n) is 9.00. The Bertz CT molecular complexity index is 118. The molecule has 0 bridgehead atoms. The number of hydrogen-bond donors (Lipinski definition) is 0. The maximum atomic E-state index is 11.7. The molecule has 86 valence electrons. The fourth-order valence-electron chi connectivity index (χ4n) is 1.46. The van der Waals surface area contributed by atoms with Gasteiger partial charge in [0.2, 0.25) is 0 Å². The van der Waals surface area contributed by atoms with Gasteiger partial charge < -0.3 is 0 Å². The summed E-state index contributed by atoms with van der Waals surface area (Å²) in [6, 6.07) is 0. The molecule has 0 spiro atoms.